The van der Waals surface area contributed by atoms with Crippen molar-refractivity contribution in [2.24, 2.45) is 0 Å². The monoisotopic (exact) mass is 490 g/mol. The summed E-state index contributed by atoms with van der Waals surface area (Å²) in [6.45, 7) is 2.88. The summed E-state index contributed by atoms with van der Waals surface area (Å²) in [7, 11) is 0. The fourth-order valence-electron chi connectivity index (χ4n) is 3.92. The molecule has 0 radical (unpaired) electrons. The number of fused-ring (bicyclic) bond motifs is 1. The van der Waals surface area contributed by atoms with Crippen LogP contribution in [-0.2, 0) is 0 Å². The summed E-state index contributed by atoms with van der Waals surface area (Å²) in [5.41, 5.74) is 2.22. The Balaban J connectivity index is 1.13. The highest BCUT2D eigenvalue weighted by Crippen LogP contribution is 2.30. The van der Waals surface area contributed by atoms with Gasteiger partial charge in [0.15, 0.2) is 0 Å². The van der Waals surface area contributed by atoms with Crippen LogP contribution in [0.4, 0.5) is 0 Å². The number of carbonyl (C=O) groups excluding carboxylic acids is 2. The minimum atomic E-state index is 0.0114. The molecule has 0 spiro atoms. The molecule has 2 saturated heterocycles. The quantitative estimate of drug-likeness (QED) is 0.608. The summed E-state index contributed by atoms with van der Waals surface area (Å²) < 4.78 is 2.15. The predicted molar refractivity (Wildman–Crippen MR) is 119 cm³/mol. The van der Waals surface area contributed by atoms with E-state index in [2.05, 4.69) is 26.2 Å². The smallest absolute Gasteiger partial charge is 0.273 e. The van der Waals surface area contributed by atoms with Gasteiger partial charge in [-0.3, -0.25) is 9.59 Å². The Morgan fingerprint density at radius 1 is 1.10 bits per heavy atom. The molecule has 0 bridgehead atoms. The molecule has 0 unspecified atom stereocenters. The Bertz CT molecular complexity index is 1060. The van der Waals surface area contributed by atoms with Gasteiger partial charge in [0.25, 0.3) is 11.8 Å². The molecule has 2 aliphatic heterocycles. The van der Waals surface area contributed by atoms with Gasteiger partial charge in [0.2, 0.25) is 0 Å². The van der Waals surface area contributed by atoms with Crippen molar-refractivity contribution in [3.8, 4) is 0 Å². The topological polar surface area (TPSA) is 65.5 Å². The summed E-state index contributed by atoms with van der Waals surface area (Å²) in [6.07, 6.45) is 0.936. The number of benzene rings is 1. The van der Waals surface area contributed by atoms with Gasteiger partial charge in [0.05, 0.1) is 10.4 Å². The van der Waals surface area contributed by atoms with Crippen molar-refractivity contribution in [3.05, 3.63) is 50.2 Å². The molecule has 3 aromatic rings. The number of thiophene rings is 1. The molecular formula is C20H19BrN4O2S2. The fraction of sp³-hybridized carbons (Fsp3) is 0.350. The summed E-state index contributed by atoms with van der Waals surface area (Å²) in [4.78, 5) is 33.8. The van der Waals surface area contributed by atoms with Crippen molar-refractivity contribution in [3.63, 3.8) is 0 Å². The van der Waals surface area contributed by atoms with Gasteiger partial charge in [-0.05, 0) is 36.1 Å². The van der Waals surface area contributed by atoms with E-state index in [0.717, 1.165) is 32.4 Å². The second-order valence-electron chi connectivity index (χ2n) is 7.48. The Hall–Kier alpha value is -1.81. The predicted octanol–water partition coefficient (Wildman–Crippen LogP) is 3.45. The normalized spacial score (nSPS) is 19.7. The number of rotatable bonds is 4. The summed E-state index contributed by atoms with van der Waals surface area (Å²) in [6, 6.07) is 8.64. The molecule has 5 rings (SSSR count). The summed E-state index contributed by atoms with van der Waals surface area (Å²) in [5.74, 6) is 0.115. The maximum absolute atomic E-state index is 12.8. The summed E-state index contributed by atoms with van der Waals surface area (Å²) >= 11 is 6.47. The molecule has 29 heavy (non-hydrogen) atoms. The van der Waals surface area contributed by atoms with E-state index in [0.29, 0.717) is 31.4 Å². The Kier molecular flexibility index (Phi) is 5.15. The van der Waals surface area contributed by atoms with Crippen LogP contribution < -0.4 is 5.32 Å². The number of nitrogens with one attached hydrogen (secondary N) is 1. The zero-order chi connectivity index (χ0) is 20.0. The van der Waals surface area contributed by atoms with Crippen LogP contribution in [0.15, 0.2) is 39.6 Å². The van der Waals surface area contributed by atoms with Gasteiger partial charge in [-0.25, -0.2) is 4.98 Å². The van der Waals surface area contributed by atoms with Crippen LogP contribution in [0.25, 0.3) is 10.1 Å². The van der Waals surface area contributed by atoms with Crippen LogP contribution in [0.2, 0.25) is 0 Å². The number of hydrogen-bond donors (Lipinski definition) is 1. The van der Waals surface area contributed by atoms with Crippen LogP contribution in [0.1, 0.15) is 26.6 Å². The van der Waals surface area contributed by atoms with Crippen molar-refractivity contribution in [2.45, 2.75) is 18.5 Å². The van der Waals surface area contributed by atoms with Gasteiger partial charge in [-0.2, -0.15) is 0 Å². The molecule has 1 atom stereocenters. The molecule has 150 valence electrons. The second-order valence-corrected chi connectivity index (χ2v) is 10.2. The van der Waals surface area contributed by atoms with Gasteiger partial charge in [0.1, 0.15) is 5.69 Å². The fourth-order valence-corrected chi connectivity index (χ4v) is 5.84. The maximum Gasteiger partial charge on any atom is 0.273 e. The van der Waals surface area contributed by atoms with Gasteiger partial charge in [-0.15, -0.1) is 22.7 Å². The van der Waals surface area contributed by atoms with E-state index in [1.165, 1.54) is 11.3 Å². The molecule has 9 heteroatoms. The van der Waals surface area contributed by atoms with Crippen molar-refractivity contribution < 1.29 is 9.59 Å². The minimum absolute atomic E-state index is 0.0114. The minimum Gasteiger partial charge on any atom is -0.336 e. The van der Waals surface area contributed by atoms with Crippen LogP contribution in [0.5, 0.6) is 0 Å². The number of thiazole rings is 1. The Labute approximate surface area is 184 Å². The molecule has 2 fully saturated rings. The third-order valence-electron chi connectivity index (χ3n) is 5.46. The van der Waals surface area contributed by atoms with Gasteiger partial charge in [-0.1, -0.05) is 15.9 Å². The molecule has 2 aliphatic rings. The first kappa shape index (κ1) is 19.2. The van der Waals surface area contributed by atoms with Crippen molar-refractivity contribution >= 4 is 60.5 Å². The number of nitrogens with zero attached hydrogens (tertiary/aromatic N) is 3. The van der Waals surface area contributed by atoms with Crippen molar-refractivity contribution in [1.82, 2.24) is 20.1 Å². The number of carbonyl (C=O) groups is 2. The standard InChI is InChI=1S/C20H19BrN4O2S2/c21-13-1-2-17-12(5-13)6-18(29-17)20(27)25-8-15(9-25)23-14-3-4-24(7-14)19(26)16-10-28-11-22-16/h1-2,5-6,10-11,14-15,23H,3-4,7-9H2/t14-/m0/s1. The first-order valence-electron chi connectivity index (χ1n) is 9.49. The van der Waals surface area contributed by atoms with Crippen molar-refractivity contribution in [2.75, 3.05) is 26.2 Å². The number of aromatic nitrogens is 1. The lowest BCUT2D eigenvalue weighted by atomic mass is 10.1. The molecule has 1 aromatic carbocycles. The van der Waals surface area contributed by atoms with E-state index < -0.39 is 0 Å². The average Bonchev–Trinajstić information content (AvgIpc) is 3.43. The van der Waals surface area contributed by atoms with E-state index in [4.69, 9.17) is 0 Å². The third-order valence-corrected chi connectivity index (χ3v) is 7.64. The average molecular weight is 491 g/mol. The van der Waals surface area contributed by atoms with Gasteiger partial charge in [0, 0.05) is 52.8 Å². The first-order chi connectivity index (χ1) is 14.1. The number of likely N-dealkylation sites (tertiary alicyclic amines) is 2. The summed E-state index contributed by atoms with van der Waals surface area (Å²) in [5, 5.41) is 6.50. The lowest BCUT2D eigenvalue weighted by molar-refractivity contribution is 0.0557. The van der Waals surface area contributed by atoms with E-state index in [1.54, 1.807) is 22.2 Å². The van der Waals surface area contributed by atoms with E-state index >= 15 is 0 Å². The third kappa shape index (κ3) is 3.84. The van der Waals surface area contributed by atoms with Gasteiger partial charge < -0.3 is 15.1 Å². The lowest BCUT2D eigenvalue weighted by Crippen LogP contribution is -2.61. The second kappa shape index (κ2) is 7.79. The SMILES string of the molecule is O=C(c1cscn1)N1CC[C@H](NC2CN(C(=O)c3cc4cc(Br)ccc4s3)C2)C1. The zero-order valence-corrected chi connectivity index (χ0v) is 18.7. The van der Waals surface area contributed by atoms with Crippen LogP contribution in [-0.4, -0.2) is 64.9 Å². The highest BCUT2D eigenvalue weighted by atomic mass is 79.9. The number of hydrogen-bond acceptors (Lipinski definition) is 6. The highest BCUT2D eigenvalue weighted by molar-refractivity contribution is 9.10. The van der Waals surface area contributed by atoms with Gasteiger partial charge >= 0.3 is 0 Å². The number of halogens is 1. The zero-order valence-electron chi connectivity index (χ0n) is 15.5. The molecule has 1 N–H and O–H groups in total. The molecule has 0 saturated carbocycles. The molecule has 2 aromatic heterocycles. The molecule has 6 nitrogen and oxygen atoms in total. The molecule has 2 amide bonds. The Morgan fingerprint density at radius 3 is 2.72 bits per heavy atom. The van der Waals surface area contributed by atoms with Crippen LogP contribution >= 0.6 is 38.6 Å². The largest absolute Gasteiger partial charge is 0.336 e. The van der Waals surface area contributed by atoms with Crippen molar-refractivity contribution in [1.29, 1.82) is 0 Å². The number of amides is 2. The Morgan fingerprint density at radius 2 is 1.93 bits per heavy atom. The molecule has 0 aliphatic carbocycles. The lowest BCUT2D eigenvalue weighted by Gasteiger charge is -2.40. The van der Waals surface area contributed by atoms with E-state index in [9.17, 15) is 9.59 Å². The molecular weight excluding hydrogens is 472 g/mol. The van der Waals surface area contributed by atoms with Crippen LogP contribution in [0.3, 0.4) is 0 Å². The maximum atomic E-state index is 12.8. The van der Waals surface area contributed by atoms with E-state index in [-0.39, 0.29) is 17.9 Å². The van der Waals surface area contributed by atoms with E-state index in [1.807, 2.05) is 34.1 Å². The highest BCUT2D eigenvalue weighted by Gasteiger charge is 2.35. The van der Waals surface area contributed by atoms with Crippen LogP contribution in [0, 0.1) is 0 Å². The molecule has 4 heterocycles. The first-order valence-corrected chi connectivity index (χ1v) is 12.0.